The SMILES string of the molecule is CCC(=O)NCc1cccc(OC(C)C)c1. The number of carbonyl (C=O) groups excluding carboxylic acids is 1. The molecule has 1 aromatic rings. The monoisotopic (exact) mass is 221 g/mol. The first-order valence-electron chi connectivity index (χ1n) is 5.64. The Kier molecular flexibility index (Phi) is 4.83. The fourth-order valence-electron chi connectivity index (χ4n) is 1.33. The van der Waals surface area contributed by atoms with Crippen LogP contribution in [0.3, 0.4) is 0 Å². The fourth-order valence-corrected chi connectivity index (χ4v) is 1.33. The third-order valence-electron chi connectivity index (χ3n) is 2.08. The van der Waals surface area contributed by atoms with E-state index >= 15 is 0 Å². The summed E-state index contributed by atoms with van der Waals surface area (Å²) in [7, 11) is 0. The van der Waals surface area contributed by atoms with E-state index in [0.717, 1.165) is 11.3 Å². The predicted octanol–water partition coefficient (Wildman–Crippen LogP) is 2.50. The molecule has 3 nitrogen and oxygen atoms in total. The van der Waals surface area contributed by atoms with E-state index < -0.39 is 0 Å². The zero-order valence-corrected chi connectivity index (χ0v) is 10.1. The van der Waals surface area contributed by atoms with E-state index in [2.05, 4.69) is 5.32 Å². The van der Waals surface area contributed by atoms with Gasteiger partial charge in [0, 0.05) is 13.0 Å². The lowest BCUT2D eigenvalue weighted by Gasteiger charge is -2.11. The van der Waals surface area contributed by atoms with Crippen molar-refractivity contribution in [1.82, 2.24) is 5.32 Å². The highest BCUT2D eigenvalue weighted by Crippen LogP contribution is 2.14. The molecule has 88 valence electrons. The lowest BCUT2D eigenvalue weighted by molar-refractivity contribution is -0.120. The van der Waals surface area contributed by atoms with Crippen molar-refractivity contribution >= 4 is 5.91 Å². The average Bonchev–Trinajstić information content (AvgIpc) is 2.25. The van der Waals surface area contributed by atoms with Crippen LogP contribution in [0, 0.1) is 0 Å². The van der Waals surface area contributed by atoms with Crippen molar-refractivity contribution in [2.45, 2.75) is 39.8 Å². The molecule has 3 heteroatoms. The molecule has 0 radical (unpaired) electrons. The highest BCUT2D eigenvalue weighted by atomic mass is 16.5. The van der Waals surface area contributed by atoms with Crippen molar-refractivity contribution in [3.63, 3.8) is 0 Å². The van der Waals surface area contributed by atoms with Gasteiger partial charge in [-0.1, -0.05) is 19.1 Å². The number of hydrogen-bond acceptors (Lipinski definition) is 2. The third-order valence-corrected chi connectivity index (χ3v) is 2.08. The van der Waals surface area contributed by atoms with Crippen LogP contribution in [0.15, 0.2) is 24.3 Å². The van der Waals surface area contributed by atoms with Crippen molar-refractivity contribution in [1.29, 1.82) is 0 Å². The predicted molar refractivity (Wildman–Crippen MR) is 64.3 cm³/mol. The summed E-state index contributed by atoms with van der Waals surface area (Å²) in [6.07, 6.45) is 0.683. The summed E-state index contributed by atoms with van der Waals surface area (Å²) < 4.78 is 5.58. The van der Waals surface area contributed by atoms with E-state index in [-0.39, 0.29) is 12.0 Å². The summed E-state index contributed by atoms with van der Waals surface area (Å²) in [5, 5.41) is 2.83. The molecule has 0 saturated carbocycles. The number of hydrogen-bond donors (Lipinski definition) is 1. The summed E-state index contributed by atoms with van der Waals surface area (Å²) in [6.45, 7) is 6.38. The lowest BCUT2D eigenvalue weighted by atomic mass is 10.2. The van der Waals surface area contributed by atoms with Crippen molar-refractivity contribution < 1.29 is 9.53 Å². The molecule has 0 aliphatic carbocycles. The number of nitrogens with one attached hydrogen (secondary N) is 1. The molecule has 0 aromatic heterocycles. The van der Waals surface area contributed by atoms with E-state index in [1.807, 2.05) is 45.0 Å². The molecule has 0 heterocycles. The van der Waals surface area contributed by atoms with Gasteiger partial charge in [0.15, 0.2) is 0 Å². The minimum absolute atomic E-state index is 0.0650. The highest BCUT2D eigenvalue weighted by molar-refractivity contribution is 5.75. The van der Waals surface area contributed by atoms with Gasteiger partial charge in [-0.25, -0.2) is 0 Å². The van der Waals surface area contributed by atoms with Gasteiger partial charge in [0.1, 0.15) is 5.75 Å². The molecule has 1 N–H and O–H groups in total. The van der Waals surface area contributed by atoms with Gasteiger partial charge in [0.05, 0.1) is 6.10 Å². The maximum Gasteiger partial charge on any atom is 0.219 e. The minimum atomic E-state index is 0.0650. The zero-order chi connectivity index (χ0) is 12.0. The first-order chi connectivity index (χ1) is 7.61. The Bertz CT molecular complexity index is 348. The molecule has 0 unspecified atom stereocenters. The van der Waals surface area contributed by atoms with Crippen molar-refractivity contribution in [2.24, 2.45) is 0 Å². The summed E-state index contributed by atoms with van der Waals surface area (Å²) in [4.78, 5) is 11.1. The first-order valence-corrected chi connectivity index (χ1v) is 5.64. The van der Waals surface area contributed by atoms with Crippen LogP contribution in [0.5, 0.6) is 5.75 Å². The molecule has 0 aliphatic heterocycles. The summed E-state index contributed by atoms with van der Waals surface area (Å²) in [6, 6.07) is 7.79. The first kappa shape index (κ1) is 12.6. The third kappa shape index (κ3) is 4.34. The molecule has 0 atom stereocenters. The molecule has 1 rings (SSSR count). The van der Waals surface area contributed by atoms with E-state index in [1.54, 1.807) is 0 Å². The van der Waals surface area contributed by atoms with Crippen LogP contribution in [-0.4, -0.2) is 12.0 Å². The second-order valence-electron chi connectivity index (χ2n) is 3.94. The summed E-state index contributed by atoms with van der Waals surface area (Å²) in [5.41, 5.74) is 1.06. The van der Waals surface area contributed by atoms with Crippen molar-refractivity contribution in [3.8, 4) is 5.75 Å². The molecule has 0 bridgehead atoms. The minimum Gasteiger partial charge on any atom is -0.491 e. The van der Waals surface area contributed by atoms with Gasteiger partial charge >= 0.3 is 0 Å². The maximum absolute atomic E-state index is 11.1. The topological polar surface area (TPSA) is 38.3 Å². The van der Waals surface area contributed by atoms with Gasteiger partial charge in [0.25, 0.3) is 0 Å². The number of benzene rings is 1. The number of ether oxygens (including phenoxy) is 1. The fraction of sp³-hybridized carbons (Fsp3) is 0.462. The Morgan fingerprint density at radius 2 is 2.19 bits per heavy atom. The Morgan fingerprint density at radius 3 is 2.81 bits per heavy atom. The average molecular weight is 221 g/mol. The normalized spacial score (nSPS) is 10.2. The smallest absolute Gasteiger partial charge is 0.219 e. The van der Waals surface area contributed by atoms with Crippen molar-refractivity contribution in [2.75, 3.05) is 0 Å². The van der Waals surface area contributed by atoms with Crippen LogP contribution in [0.2, 0.25) is 0 Å². The number of amides is 1. The van der Waals surface area contributed by atoms with Gasteiger partial charge in [0.2, 0.25) is 5.91 Å². The number of carbonyl (C=O) groups is 1. The summed E-state index contributed by atoms with van der Waals surface area (Å²) in [5.74, 6) is 0.911. The molecule has 0 saturated heterocycles. The summed E-state index contributed by atoms with van der Waals surface area (Å²) >= 11 is 0. The van der Waals surface area contributed by atoms with Crippen LogP contribution >= 0.6 is 0 Å². The standard InChI is InChI=1S/C13H19NO2/c1-4-13(15)14-9-11-6-5-7-12(8-11)16-10(2)3/h5-8,10H,4,9H2,1-3H3,(H,14,15). The number of rotatable bonds is 5. The Balaban J connectivity index is 2.56. The molecule has 0 spiro atoms. The largest absolute Gasteiger partial charge is 0.491 e. The Morgan fingerprint density at radius 1 is 1.44 bits per heavy atom. The van der Waals surface area contributed by atoms with Gasteiger partial charge in [-0.05, 0) is 31.5 Å². The zero-order valence-electron chi connectivity index (χ0n) is 10.1. The van der Waals surface area contributed by atoms with Gasteiger partial charge in [-0.3, -0.25) is 4.79 Å². The van der Waals surface area contributed by atoms with Crippen LogP contribution in [0.1, 0.15) is 32.8 Å². The maximum atomic E-state index is 11.1. The highest BCUT2D eigenvalue weighted by Gasteiger charge is 2.01. The van der Waals surface area contributed by atoms with Gasteiger partial charge in [-0.2, -0.15) is 0 Å². The molecule has 1 aromatic carbocycles. The second kappa shape index (κ2) is 6.16. The van der Waals surface area contributed by atoms with E-state index in [9.17, 15) is 4.79 Å². The molecule has 0 aliphatic rings. The van der Waals surface area contributed by atoms with Gasteiger partial charge < -0.3 is 10.1 Å². The van der Waals surface area contributed by atoms with E-state index in [0.29, 0.717) is 13.0 Å². The second-order valence-corrected chi connectivity index (χ2v) is 3.94. The van der Waals surface area contributed by atoms with E-state index in [4.69, 9.17) is 4.74 Å². The molecule has 0 fully saturated rings. The molecular formula is C13H19NO2. The molecular weight excluding hydrogens is 202 g/mol. The van der Waals surface area contributed by atoms with Crippen LogP contribution < -0.4 is 10.1 Å². The van der Waals surface area contributed by atoms with Crippen molar-refractivity contribution in [3.05, 3.63) is 29.8 Å². The molecule has 16 heavy (non-hydrogen) atoms. The van der Waals surface area contributed by atoms with Crippen LogP contribution in [0.4, 0.5) is 0 Å². The Labute approximate surface area is 96.8 Å². The van der Waals surface area contributed by atoms with Gasteiger partial charge in [-0.15, -0.1) is 0 Å². The van der Waals surface area contributed by atoms with Crippen LogP contribution in [-0.2, 0) is 11.3 Å². The molecule has 1 amide bonds. The quantitative estimate of drug-likeness (QED) is 0.829. The van der Waals surface area contributed by atoms with Crippen LogP contribution in [0.25, 0.3) is 0 Å². The Hall–Kier alpha value is -1.51. The lowest BCUT2D eigenvalue weighted by Crippen LogP contribution is -2.21. The van der Waals surface area contributed by atoms with E-state index in [1.165, 1.54) is 0 Å².